The zero-order valence-corrected chi connectivity index (χ0v) is 22.6. The molecule has 0 bridgehead atoms. The molecule has 0 heterocycles. The molecule has 4 aliphatic carbocycles. The predicted octanol–water partition coefficient (Wildman–Crippen LogP) is 6.60. The smallest absolute Gasteiger partial charge is 0.303 e. The first-order valence-corrected chi connectivity index (χ1v) is 14.0. The maximum absolute atomic E-state index is 11.6. The van der Waals surface area contributed by atoms with Crippen molar-refractivity contribution in [3.05, 3.63) is 11.6 Å². The van der Waals surface area contributed by atoms with Crippen LogP contribution in [-0.2, 0) is 4.79 Å². The van der Waals surface area contributed by atoms with Crippen LogP contribution in [-0.4, -0.2) is 33.5 Å². The van der Waals surface area contributed by atoms with Gasteiger partial charge in [-0.15, -0.1) is 0 Å². The topological polar surface area (TPSA) is 77.8 Å². The van der Waals surface area contributed by atoms with E-state index in [2.05, 4.69) is 40.7 Å². The molecule has 34 heavy (non-hydrogen) atoms. The van der Waals surface area contributed by atoms with Crippen LogP contribution >= 0.6 is 0 Å². The lowest BCUT2D eigenvalue weighted by Crippen LogP contribution is -2.57. The number of fused-ring (bicyclic) bond motifs is 2. The van der Waals surface area contributed by atoms with E-state index in [4.69, 9.17) is 0 Å². The fourth-order valence-corrected chi connectivity index (χ4v) is 10.4. The molecule has 194 valence electrons. The molecule has 4 heteroatoms. The molecule has 4 fully saturated rings. The molecule has 1 spiro atoms. The number of carbonyl (C=O) groups is 1. The van der Waals surface area contributed by atoms with E-state index < -0.39 is 11.6 Å². The van der Waals surface area contributed by atoms with Gasteiger partial charge < -0.3 is 15.3 Å². The van der Waals surface area contributed by atoms with Crippen molar-refractivity contribution in [2.75, 3.05) is 6.61 Å². The Morgan fingerprint density at radius 2 is 1.82 bits per heavy atom. The van der Waals surface area contributed by atoms with Crippen molar-refractivity contribution in [1.29, 1.82) is 0 Å². The lowest BCUT2D eigenvalue weighted by molar-refractivity contribution is -0.159. The average molecular weight is 475 g/mol. The number of aliphatic hydroxyl groups is 2. The van der Waals surface area contributed by atoms with Gasteiger partial charge in [-0.1, -0.05) is 32.4 Å². The Bertz CT molecular complexity index is 828. The first-order chi connectivity index (χ1) is 15.8. The summed E-state index contributed by atoms with van der Waals surface area (Å²) < 4.78 is 0. The average Bonchev–Trinajstić information content (AvgIpc) is 3.35. The molecule has 0 radical (unpaired) electrons. The van der Waals surface area contributed by atoms with Crippen LogP contribution in [0.2, 0.25) is 0 Å². The zero-order chi connectivity index (χ0) is 25.2. The maximum Gasteiger partial charge on any atom is 0.303 e. The molecule has 3 N–H and O–H groups in total. The van der Waals surface area contributed by atoms with Gasteiger partial charge >= 0.3 is 5.97 Å². The van der Waals surface area contributed by atoms with Crippen LogP contribution in [0.5, 0.6) is 0 Å². The van der Waals surface area contributed by atoms with Gasteiger partial charge in [0.2, 0.25) is 0 Å². The Morgan fingerprint density at radius 1 is 1.12 bits per heavy atom. The van der Waals surface area contributed by atoms with Crippen LogP contribution in [0, 0.1) is 45.3 Å². The zero-order valence-electron chi connectivity index (χ0n) is 22.6. The molecule has 4 nitrogen and oxygen atoms in total. The number of rotatable bonds is 9. The second kappa shape index (κ2) is 8.61. The van der Waals surface area contributed by atoms with Crippen molar-refractivity contribution in [1.82, 2.24) is 0 Å². The van der Waals surface area contributed by atoms with Crippen molar-refractivity contribution >= 4 is 5.97 Å². The summed E-state index contributed by atoms with van der Waals surface area (Å²) in [5, 5.41) is 30.8. The summed E-state index contributed by atoms with van der Waals surface area (Å²) in [6.07, 6.45) is 13.7. The lowest BCUT2D eigenvalue weighted by atomic mass is 9.43. The minimum Gasteiger partial charge on any atom is -0.481 e. The van der Waals surface area contributed by atoms with E-state index in [-0.39, 0.29) is 35.2 Å². The summed E-state index contributed by atoms with van der Waals surface area (Å²) >= 11 is 0. The van der Waals surface area contributed by atoms with E-state index in [1.165, 1.54) is 44.1 Å². The minimum absolute atomic E-state index is 0.00579. The van der Waals surface area contributed by atoms with Crippen LogP contribution < -0.4 is 0 Å². The van der Waals surface area contributed by atoms with Gasteiger partial charge in [0.1, 0.15) is 0 Å². The number of allylic oxidation sites excluding steroid dienone is 2. The van der Waals surface area contributed by atoms with E-state index in [0.717, 1.165) is 31.1 Å². The van der Waals surface area contributed by atoms with Crippen molar-refractivity contribution < 1.29 is 20.1 Å². The van der Waals surface area contributed by atoms with Gasteiger partial charge in [-0.2, -0.15) is 0 Å². The minimum atomic E-state index is -1.13. The number of carboxylic acid groups (broad SMARTS) is 1. The van der Waals surface area contributed by atoms with E-state index in [9.17, 15) is 20.1 Å². The highest BCUT2D eigenvalue weighted by Crippen LogP contribution is 2.87. The van der Waals surface area contributed by atoms with Gasteiger partial charge in [-0.25, -0.2) is 0 Å². The maximum atomic E-state index is 11.6. The Morgan fingerprint density at radius 3 is 2.44 bits per heavy atom. The molecule has 4 saturated carbocycles. The van der Waals surface area contributed by atoms with Crippen molar-refractivity contribution in [3.63, 3.8) is 0 Å². The standard InChI is InChI=1S/C30H50O4/c1-20(2)8-7-9-21(3)22-12-14-27(5)23-10-11-24(28(6,34)19-31)29(15-13-25(32)33)18-30(23,29)17-16-26(22,27)4/h8,21-24,31,34H,7,9-19H2,1-6H3,(H,32,33). The van der Waals surface area contributed by atoms with Crippen molar-refractivity contribution in [2.24, 2.45) is 45.3 Å². The highest BCUT2D eigenvalue weighted by atomic mass is 16.4. The van der Waals surface area contributed by atoms with Crippen LogP contribution in [0.1, 0.15) is 112 Å². The Balaban J connectivity index is 1.62. The summed E-state index contributed by atoms with van der Waals surface area (Å²) in [5.74, 6) is 1.34. The van der Waals surface area contributed by atoms with Gasteiger partial charge in [-0.3, -0.25) is 4.79 Å². The van der Waals surface area contributed by atoms with Crippen molar-refractivity contribution in [3.8, 4) is 0 Å². The third-order valence-corrected chi connectivity index (χ3v) is 12.3. The van der Waals surface area contributed by atoms with Gasteiger partial charge in [-0.05, 0) is 130 Å². The highest BCUT2D eigenvalue weighted by Gasteiger charge is 2.81. The molecule has 0 amide bonds. The highest BCUT2D eigenvalue weighted by molar-refractivity contribution is 5.67. The van der Waals surface area contributed by atoms with E-state index >= 15 is 0 Å². The number of carboxylic acids is 1. The predicted molar refractivity (Wildman–Crippen MR) is 136 cm³/mol. The number of hydrogen-bond donors (Lipinski definition) is 3. The third kappa shape index (κ3) is 3.64. The first kappa shape index (κ1) is 26.2. The van der Waals surface area contributed by atoms with E-state index in [1.54, 1.807) is 6.92 Å². The Kier molecular flexibility index (Phi) is 6.64. The van der Waals surface area contributed by atoms with Gasteiger partial charge in [0.15, 0.2) is 0 Å². The summed E-state index contributed by atoms with van der Waals surface area (Å²) in [6.45, 7) is 13.6. The van der Waals surface area contributed by atoms with Crippen LogP contribution in [0.25, 0.3) is 0 Å². The molecule has 4 rings (SSSR count). The largest absolute Gasteiger partial charge is 0.481 e. The summed E-state index contributed by atoms with van der Waals surface area (Å²) in [7, 11) is 0. The third-order valence-electron chi connectivity index (χ3n) is 12.3. The van der Waals surface area contributed by atoms with Crippen LogP contribution in [0.4, 0.5) is 0 Å². The van der Waals surface area contributed by atoms with E-state index in [1.807, 2.05) is 0 Å². The second-order valence-electron chi connectivity index (χ2n) is 13.9. The monoisotopic (exact) mass is 474 g/mol. The molecule has 0 aliphatic heterocycles. The SMILES string of the molecule is CC(C)=CCCC(C)C1CCC2(C)C3CCC(C(C)(O)CO)C4(CCC(=O)O)CC34CCC12C. The van der Waals surface area contributed by atoms with Gasteiger partial charge in [0.25, 0.3) is 0 Å². The Hall–Kier alpha value is -0.870. The molecule has 4 aliphatic rings. The fourth-order valence-electron chi connectivity index (χ4n) is 10.4. The summed E-state index contributed by atoms with van der Waals surface area (Å²) in [6, 6.07) is 0. The molecule has 9 unspecified atom stereocenters. The molecule has 0 aromatic carbocycles. The van der Waals surface area contributed by atoms with E-state index in [0.29, 0.717) is 17.8 Å². The Labute approximate surface area is 207 Å². The van der Waals surface area contributed by atoms with Gasteiger partial charge in [0, 0.05) is 6.42 Å². The van der Waals surface area contributed by atoms with Crippen LogP contribution in [0.15, 0.2) is 11.6 Å². The number of aliphatic carboxylic acids is 1. The fraction of sp³-hybridized carbons (Fsp3) is 0.900. The molecular formula is C30H50O4. The van der Waals surface area contributed by atoms with Gasteiger partial charge in [0.05, 0.1) is 12.2 Å². The lowest BCUT2D eigenvalue weighted by Gasteiger charge is -2.61. The van der Waals surface area contributed by atoms with Crippen molar-refractivity contribution in [2.45, 2.75) is 118 Å². The number of hydrogen-bond acceptors (Lipinski definition) is 3. The normalized spacial score (nSPS) is 45.4. The second-order valence-corrected chi connectivity index (χ2v) is 13.9. The molecular weight excluding hydrogens is 424 g/mol. The first-order valence-electron chi connectivity index (χ1n) is 14.0. The molecule has 9 atom stereocenters. The molecule has 0 aromatic heterocycles. The van der Waals surface area contributed by atoms with Crippen LogP contribution in [0.3, 0.4) is 0 Å². The number of aliphatic hydroxyl groups excluding tert-OH is 1. The molecule has 0 saturated heterocycles. The summed E-state index contributed by atoms with van der Waals surface area (Å²) in [5.41, 5.74) is 0.919. The molecule has 0 aromatic rings. The summed E-state index contributed by atoms with van der Waals surface area (Å²) in [4.78, 5) is 11.6. The quantitative estimate of drug-likeness (QED) is 0.329.